The molecular weight excluding hydrogens is 484 g/mol. The van der Waals surface area contributed by atoms with Crippen molar-refractivity contribution in [1.29, 1.82) is 0 Å². The highest BCUT2D eigenvalue weighted by atomic mass is 32.1. The monoisotopic (exact) mass is 514 g/mol. The van der Waals surface area contributed by atoms with E-state index in [-0.39, 0.29) is 24.3 Å². The van der Waals surface area contributed by atoms with E-state index in [0.29, 0.717) is 5.56 Å². The number of carbonyl (C=O) groups excluding carboxylic acids is 3. The largest absolute Gasteiger partial charge is 0.508 e. The first-order valence-electron chi connectivity index (χ1n) is 10.5. The summed E-state index contributed by atoms with van der Waals surface area (Å²) in [7, 11) is 0. The number of phenols is 1. The Morgan fingerprint density at radius 1 is 0.943 bits per heavy atom. The van der Waals surface area contributed by atoms with Crippen LogP contribution in [0.15, 0.2) is 24.3 Å². The predicted octanol–water partition coefficient (Wildman–Crippen LogP) is -2.02. The lowest BCUT2D eigenvalue weighted by Gasteiger charge is -2.26. The van der Waals surface area contributed by atoms with E-state index in [4.69, 9.17) is 15.9 Å². The zero-order chi connectivity index (χ0) is 26.7. The van der Waals surface area contributed by atoms with Gasteiger partial charge >= 0.3 is 11.9 Å². The van der Waals surface area contributed by atoms with Crippen LogP contribution in [0.2, 0.25) is 0 Å². The third-order valence-electron chi connectivity index (χ3n) is 4.87. The summed E-state index contributed by atoms with van der Waals surface area (Å²) >= 11 is 3.82. The maximum atomic E-state index is 12.8. The summed E-state index contributed by atoms with van der Waals surface area (Å²) in [5, 5.41) is 44.0. The van der Waals surface area contributed by atoms with E-state index in [0.717, 1.165) is 0 Å². The van der Waals surface area contributed by atoms with Gasteiger partial charge in [-0.25, -0.2) is 4.79 Å². The number of carboxylic acid groups (broad SMARTS) is 2. The Labute approximate surface area is 206 Å². The number of benzene rings is 1. The first-order chi connectivity index (χ1) is 16.3. The minimum absolute atomic E-state index is 0.0259. The van der Waals surface area contributed by atoms with Crippen LogP contribution in [0.3, 0.4) is 0 Å². The Hall–Kier alpha value is -3.36. The zero-order valence-corrected chi connectivity index (χ0v) is 19.8. The number of aliphatic hydroxyl groups excluding tert-OH is 1. The van der Waals surface area contributed by atoms with E-state index < -0.39 is 66.4 Å². The van der Waals surface area contributed by atoms with E-state index >= 15 is 0 Å². The lowest BCUT2D eigenvalue weighted by molar-refractivity contribution is -0.142. The molecule has 3 amide bonds. The Bertz CT molecular complexity index is 911. The summed E-state index contributed by atoms with van der Waals surface area (Å²) < 4.78 is 0. The van der Waals surface area contributed by atoms with Crippen molar-refractivity contribution in [2.45, 2.75) is 56.5 Å². The van der Waals surface area contributed by atoms with Gasteiger partial charge < -0.3 is 42.1 Å². The Balaban J connectivity index is 2.94. The highest BCUT2D eigenvalue weighted by molar-refractivity contribution is 7.80. The molecule has 0 aliphatic heterocycles. The van der Waals surface area contributed by atoms with E-state index in [9.17, 15) is 34.2 Å². The number of nitrogens with two attached hydrogens (primary N) is 1. The third kappa shape index (κ3) is 10.2. The van der Waals surface area contributed by atoms with Crippen molar-refractivity contribution >= 4 is 42.3 Å². The third-order valence-corrected chi connectivity index (χ3v) is 5.23. The lowest BCUT2D eigenvalue weighted by Crippen LogP contribution is -2.60. The van der Waals surface area contributed by atoms with E-state index in [2.05, 4.69) is 28.6 Å². The summed E-state index contributed by atoms with van der Waals surface area (Å²) in [5.74, 6) is -5.61. The van der Waals surface area contributed by atoms with Gasteiger partial charge in [-0.2, -0.15) is 12.6 Å². The number of amides is 3. The molecule has 35 heavy (non-hydrogen) atoms. The van der Waals surface area contributed by atoms with Crippen molar-refractivity contribution in [3.05, 3.63) is 29.8 Å². The fraction of sp³-hybridized carbons (Fsp3) is 0.476. The molecule has 1 aromatic carbocycles. The molecule has 13 nitrogen and oxygen atoms in total. The van der Waals surface area contributed by atoms with Crippen LogP contribution >= 0.6 is 12.6 Å². The number of hydrogen-bond acceptors (Lipinski definition) is 9. The van der Waals surface area contributed by atoms with Gasteiger partial charge in [-0.3, -0.25) is 19.2 Å². The first kappa shape index (κ1) is 29.7. The molecular formula is C21H30N4O9S. The molecule has 0 saturated heterocycles. The second-order valence-corrected chi connectivity index (χ2v) is 8.14. The number of nitrogens with one attached hydrogen (secondary N) is 3. The van der Waals surface area contributed by atoms with Crippen molar-refractivity contribution in [2.75, 3.05) is 5.75 Å². The van der Waals surface area contributed by atoms with E-state index in [1.54, 1.807) is 12.1 Å². The van der Waals surface area contributed by atoms with Crippen molar-refractivity contribution < 1.29 is 44.4 Å². The van der Waals surface area contributed by atoms with Crippen LogP contribution in [0, 0.1) is 0 Å². The number of carboxylic acids is 2. The van der Waals surface area contributed by atoms with Crippen molar-refractivity contribution in [1.82, 2.24) is 16.0 Å². The SMILES string of the molecule is CC(O)C(NC(=O)C(CCC(=O)O)NC(=O)C(N)Cc1ccc(O)cc1)C(=O)NC(CS)C(=O)O. The van der Waals surface area contributed by atoms with Crippen molar-refractivity contribution in [3.8, 4) is 5.75 Å². The predicted molar refractivity (Wildman–Crippen MR) is 126 cm³/mol. The number of aliphatic carboxylic acids is 2. The Morgan fingerprint density at radius 3 is 2.00 bits per heavy atom. The fourth-order valence-corrected chi connectivity index (χ4v) is 3.15. The Morgan fingerprint density at radius 2 is 1.51 bits per heavy atom. The maximum Gasteiger partial charge on any atom is 0.327 e. The molecule has 0 saturated carbocycles. The molecule has 0 heterocycles. The minimum atomic E-state index is -1.60. The van der Waals surface area contributed by atoms with Crippen LogP contribution in [0.4, 0.5) is 0 Å². The molecule has 0 aliphatic rings. The quantitative estimate of drug-likeness (QED) is 0.124. The zero-order valence-electron chi connectivity index (χ0n) is 18.9. The van der Waals surface area contributed by atoms with Crippen LogP contribution in [0.1, 0.15) is 25.3 Å². The molecule has 0 radical (unpaired) electrons. The fourth-order valence-electron chi connectivity index (χ4n) is 2.90. The highest BCUT2D eigenvalue weighted by Gasteiger charge is 2.32. The van der Waals surface area contributed by atoms with E-state index in [1.807, 2.05) is 0 Å². The van der Waals surface area contributed by atoms with Gasteiger partial charge in [0.1, 0.15) is 23.9 Å². The van der Waals surface area contributed by atoms with Crippen molar-refractivity contribution in [3.63, 3.8) is 0 Å². The molecule has 5 atom stereocenters. The molecule has 0 fully saturated rings. The molecule has 14 heteroatoms. The molecule has 1 rings (SSSR count). The number of carbonyl (C=O) groups is 5. The number of aromatic hydroxyl groups is 1. The van der Waals surface area contributed by atoms with Crippen LogP contribution in [-0.4, -0.2) is 86.1 Å². The number of aliphatic hydroxyl groups is 1. The Kier molecular flexibility index (Phi) is 12.0. The smallest absolute Gasteiger partial charge is 0.327 e. The second-order valence-electron chi connectivity index (χ2n) is 7.78. The van der Waals surface area contributed by atoms with Crippen LogP contribution in [0.25, 0.3) is 0 Å². The number of rotatable bonds is 14. The van der Waals surface area contributed by atoms with Gasteiger partial charge in [0.15, 0.2) is 0 Å². The van der Waals surface area contributed by atoms with Crippen molar-refractivity contribution in [2.24, 2.45) is 5.73 Å². The molecule has 0 aliphatic carbocycles. The van der Waals surface area contributed by atoms with Gasteiger partial charge in [-0.05, 0) is 37.5 Å². The number of phenolic OH excluding ortho intramolecular Hbond substituents is 1. The van der Waals surface area contributed by atoms with Gasteiger partial charge in [0.05, 0.1) is 12.1 Å². The maximum absolute atomic E-state index is 12.8. The van der Waals surface area contributed by atoms with Gasteiger partial charge in [0.2, 0.25) is 17.7 Å². The van der Waals surface area contributed by atoms with Crippen LogP contribution < -0.4 is 21.7 Å². The molecule has 9 N–H and O–H groups in total. The van der Waals surface area contributed by atoms with Crippen LogP contribution in [-0.2, 0) is 30.4 Å². The molecule has 0 bridgehead atoms. The van der Waals surface area contributed by atoms with Crippen LogP contribution in [0.5, 0.6) is 5.75 Å². The topological polar surface area (TPSA) is 228 Å². The highest BCUT2D eigenvalue weighted by Crippen LogP contribution is 2.11. The van der Waals surface area contributed by atoms with E-state index in [1.165, 1.54) is 19.1 Å². The number of thiol groups is 1. The molecule has 0 spiro atoms. The van der Waals surface area contributed by atoms with Gasteiger partial charge in [0.25, 0.3) is 0 Å². The summed E-state index contributed by atoms with van der Waals surface area (Å²) in [6.07, 6.45) is -2.25. The molecule has 5 unspecified atom stereocenters. The first-order valence-corrected chi connectivity index (χ1v) is 11.2. The molecule has 1 aromatic rings. The summed E-state index contributed by atoms with van der Waals surface area (Å²) in [6, 6.07) is 0.403. The summed E-state index contributed by atoms with van der Waals surface area (Å²) in [4.78, 5) is 60.0. The average Bonchev–Trinajstić information content (AvgIpc) is 2.78. The standard InChI is InChI=1S/C21H30N4O9S/c1-10(26)17(20(32)24-15(9-35)21(33)34)25-19(31)14(6-7-16(28)29)23-18(30)13(22)8-11-2-4-12(27)5-3-11/h2-5,10,13-15,17,26-27,35H,6-9,22H2,1H3,(H,23,30)(H,24,32)(H,25,31)(H,28,29)(H,33,34). The summed E-state index contributed by atoms with van der Waals surface area (Å²) in [6.45, 7) is 1.18. The summed E-state index contributed by atoms with van der Waals surface area (Å²) in [5.41, 5.74) is 6.52. The molecule has 194 valence electrons. The molecule has 0 aromatic heterocycles. The van der Waals surface area contributed by atoms with Gasteiger partial charge in [0, 0.05) is 12.2 Å². The van der Waals surface area contributed by atoms with Gasteiger partial charge in [-0.1, -0.05) is 12.1 Å². The lowest BCUT2D eigenvalue weighted by atomic mass is 10.0. The normalized spacial score (nSPS) is 15.1. The average molecular weight is 515 g/mol. The van der Waals surface area contributed by atoms with Gasteiger partial charge in [-0.15, -0.1) is 0 Å². The second kappa shape index (κ2) is 14.1. The minimum Gasteiger partial charge on any atom is -0.508 e. The number of hydrogen-bond donors (Lipinski definition) is 9.